The summed E-state index contributed by atoms with van der Waals surface area (Å²) in [5.74, 6) is 0.781. The standard InChI is InChI=1S/C24H20BrClN4O2S/c1-3-17-12-19(22(31)18-6-4-5-7-20(18)26)24(33-17)30-14(2)28-29-21(30)13-27-23(32)15-8-10-16(25)11-9-15/h4-12H,3,13H2,1-2H3,(H,27,32). The van der Waals surface area contributed by atoms with Crippen LogP contribution in [0.4, 0.5) is 0 Å². The van der Waals surface area contributed by atoms with E-state index in [0.717, 1.165) is 15.8 Å². The zero-order chi connectivity index (χ0) is 23.5. The third kappa shape index (κ3) is 4.93. The number of rotatable bonds is 7. The second kappa shape index (κ2) is 9.99. The first kappa shape index (κ1) is 23.4. The van der Waals surface area contributed by atoms with Crippen LogP contribution in [0.1, 0.15) is 49.7 Å². The Kier molecular flexibility index (Phi) is 7.07. The van der Waals surface area contributed by atoms with Crippen LogP contribution in [0.5, 0.6) is 0 Å². The summed E-state index contributed by atoms with van der Waals surface area (Å²) in [7, 11) is 0. The van der Waals surface area contributed by atoms with Gasteiger partial charge in [0.2, 0.25) is 0 Å². The normalized spacial score (nSPS) is 10.9. The van der Waals surface area contributed by atoms with Crippen LogP contribution in [-0.4, -0.2) is 26.5 Å². The lowest BCUT2D eigenvalue weighted by Gasteiger charge is -2.11. The SMILES string of the molecule is CCc1cc(C(=O)c2ccccc2Cl)c(-n2c(C)nnc2CNC(=O)c2ccc(Br)cc2)s1. The third-order valence-corrected chi connectivity index (χ3v) is 7.21. The number of aryl methyl sites for hydroxylation is 2. The predicted octanol–water partition coefficient (Wildman–Crippen LogP) is 5.78. The molecule has 0 aliphatic rings. The van der Waals surface area contributed by atoms with E-state index in [0.29, 0.717) is 38.4 Å². The van der Waals surface area contributed by atoms with E-state index in [-0.39, 0.29) is 18.2 Å². The van der Waals surface area contributed by atoms with Crippen molar-refractivity contribution < 1.29 is 9.59 Å². The van der Waals surface area contributed by atoms with Crippen molar-refractivity contribution in [3.8, 4) is 5.00 Å². The van der Waals surface area contributed by atoms with Gasteiger partial charge in [-0.3, -0.25) is 14.2 Å². The Morgan fingerprint density at radius 1 is 1.09 bits per heavy atom. The van der Waals surface area contributed by atoms with E-state index in [2.05, 4.69) is 31.4 Å². The number of carbonyl (C=O) groups excluding carboxylic acids is 2. The largest absolute Gasteiger partial charge is 0.345 e. The Morgan fingerprint density at radius 3 is 2.52 bits per heavy atom. The van der Waals surface area contributed by atoms with Crippen LogP contribution in [0.2, 0.25) is 5.02 Å². The maximum atomic E-state index is 13.4. The Balaban J connectivity index is 1.67. The van der Waals surface area contributed by atoms with Gasteiger partial charge < -0.3 is 5.32 Å². The van der Waals surface area contributed by atoms with Crippen LogP contribution in [0.3, 0.4) is 0 Å². The van der Waals surface area contributed by atoms with Crippen LogP contribution < -0.4 is 5.32 Å². The predicted molar refractivity (Wildman–Crippen MR) is 134 cm³/mol. The summed E-state index contributed by atoms with van der Waals surface area (Å²) in [5.41, 5.74) is 1.52. The van der Waals surface area contributed by atoms with Gasteiger partial charge in [0.05, 0.1) is 17.1 Å². The summed E-state index contributed by atoms with van der Waals surface area (Å²) >= 11 is 11.2. The van der Waals surface area contributed by atoms with Gasteiger partial charge in [-0.25, -0.2) is 0 Å². The molecule has 0 radical (unpaired) electrons. The minimum atomic E-state index is -0.220. The molecule has 33 heavy (non-hydrogen) atoms. The Hall–Kier alpha value is -2.81. The van der Waals surface area contributed by atoms with Gasteiger partial charge in [-0.05, 0) is 55.8 Å². The number of halogens is 2. The zero-order valence-electron chi connectivity index (χ0n) is 17.9. The van der Waals surface area contributed by atoms with Crippen molar-refractivity contribution in [2.75, 3.05) is 0 Å². The summed E-state index contributed by atoms with van der Waals surface area (Å²) in [6, 6.07) is 16.0. The van der Waals surface area contributed by atoms with Gasteiger partial charge in [0.25, 0.3) is 5.91 Å². The fourth-order valence-electron chi connectivity index (χ4n) is 3.37. The smallest absolute Gasteiger partial charge is 0.251 e. The van der Waals surface area contributed by atoms with Crippen LogP contribution in [0.25, 0.3) is 5.00 Å². The van der Waals surface area contributed by atoms with E-state index in [9.17, 15) is 9.59 Å². The van der Waals surface area contributed by atoms with Crippen molar-refractivity contribution in [2.24, 2.45) is 0 Å². The average Bonchev–Trinajstić information content (AvgIpc) is 3.40. The summed E-state index contributed by atoms with van der Waals surface area (Å²) in [5, 5.41) is 12.5. The number of aromatic nitrogens is 3. The average molecular weight is 544 g/mol. The molecule has 0 spiro atoms. The maximum absolute atomic E-state index is 13.4. The first-order valence-electron chi connectivity index (χ1n) is 10.3. The number of nitrogens with one attached hydrogen (secondary N) is 1. The van der Waals surface area contributed by atoms with Gasteiger partial charge in [-0.2, -0.15) is 0 Å². The fraction of sp³-hybridized carbons (Fsp3) is 0.167. The van der Waals surface area contributed by atoms with E-state index in [1.165, 1.54) is 11.3 Å². The Bertz CT molecular complexity index is 1330. The van der Waals surface area contributed by atoms with E-state index < -0.39 is 0 Å². The molecule has 9 heteroatoms. The minimum absolute atomic E-state index is 0.162. The molecule has 0 aliphatic heterocycles. The molecule has 0 fully saturated rings. The van der Waals surface area contributed by atoms with Crippen LogP contribution in [0, 0.1) is 6.92 Å². The van der Waals surface area contributed by atoms with Gasteiger partial charge in [-0.1, -0.05) is 46.6 Å². The molecule has 2 aromatic carbocycles. The van der Waals surface area contributed by atoms with Crippen molar-refractivity contribution in [3.05, 3.63) is 97.3 Å². The molecule has 1 N–H and O–H groups in total. The van der Waals surface area contributed by atoms with E-state index >= 15 is 0 Å². The monoisotopic (exact) mass is 542 g/mol. The molecular formula is C24H20BrClN4O2S. The lowest BCUT2D eigenvalue weighted by molar-refractivity contribution is 0.0948. The number of ketones is 1. The van der Waals surface area contributed by atoms with Crippen molar-refractivity contribution in [3.63, 3.8) is 0 Å². The molecule has 4 rings (SSSR count). The Labute approximate surface area is 208 Å². The second-order valence-electron chi connectivity index (χ2n) is 7.28. The molecule has 0 saturated carbocycles. The van der Waals surface area contributed by atoms with Crippen molar-refractivity contribution in [2.45, 2.75) is 26.8 Å². The van der Waals surface area contributed by atoms with Gasteiger partial charge in [0.1, 0.15) is 10.8 Å². The third-order valence-electron chi connectivity index (χ3n) is 5.08. The molecule has 0 atom stereocenters. The van der Waals surface area contributed by atoms with Crippen molar-refractivity contribution in [1.82, 2.24) is 20.1 Å². The topological polar surface area (TPSA) is 76.9 Å². The molecule has 0 unspecified atom stereocenters. The molecule has 0 saturated heterocycles. The van der Waals surface area contributed by atoms with E-state index in [1.54, 1.807) is 36.4 Å². The molecule has 0 bridgehead atoms. The van der Waals surface area contributed by atoms with Gasteiger partial charge >= 0.3 is 0 Å². The summed E-state index contributed by atoms with van der Waals surface area (Å²) in [6.07, 6.45) is 0.782. The molecule has 1 amide bonds. The van der Waals surface area contributed by atoms with E-state index in [4.69, 9.17) is 11.6 Å². The highest BCUT2D eigenvalue weighted by atomic mass is 79.9. The number of thiophene rings is 1. The molecule has 2 aromatic heterocycles. The van der Waals surface area contributed by atoms with E-state index in [1.807, 2.05) is 36.6 Å². The summed E-state index contributed by atoms with van der Waals surface area (Å²) < 4.78 is 2.73. The summed E-state index contributed by atoms with van der Waals surface area (Å²) in [4.78, 5) is 27.0. The van der Waals surface area contributed by atoms with Crippen LogP contribution in [-0.2, 0) is 13.0 Å². The van der Waals surface area contributed by atoms with Gasteiger partial charge in [-0.15, -0.1) is 21.5 Å². The second-order valence-corrected chi connectivity index (χ2v) is 9.72. The van der Waals surface area contributed by atoms with Crippen molar-refractivity contribution in [1.29, 1.82) is 0 Å². The minimum Gasteiger partial charge on any atom is -0.345 e. The molecule has 0 aliphatic carbocycles. The fourth-order valence-corrected chi connectivity index (χ4v) is 5.02. The molecule has 2 heterocycles. The first-order chi connectivity index (χ1) is 15.9. The number of carbonyl (C=O) groups is 2. The number of amides is 1. The highest BCUT2D eigenvalue weighted by Crippen LogP contribution is 2.32. The highest BCUT2D eigenvalue weighted by molar-refractivity contribution is 9.10. The first-order valence-corrected chi connectivity index (χ1v) is 12.2. The highest BCUT2D eigenvalue weighted by Gasteiger charge is 2.24. The molecular weight excluding hydrogens is 524 g/mol. The number of benzene rings is 2. The van der Waals surface area contributed by atoms with Crippen LogP contribution in [0.15, 0.2) is 59.1 Å². The van der Waals surface area contributed by atoms with Crippen LogP contribution >= 0.6 is 38.9 Å². The number of nitrogens with zero attached hydrogens (tertiary/aromatic N) is 3. The van der Waals surface area contributed by atoms with Gasteiger partial charge in [0.15, 0.2) is 11.6 Å². The van der Waals surface area contributed by atoms with Gasteiger partial charge in [0, 0.05) is 20.5 Å². The molecule has 168 valence electrons. The zero-order valence-corrected chi connectivity index (χ0v) is 21.1. The number of hydrogen-bond donors (Lipinski definition) is 1. The van der Waals surface area contributed by atoms with Crippen molar-refractivity contribution >= 4 is 50.6 Å². The Morgan fingerprint density at radius 2 is 1.82 bits per heavy atom. The lowest BCUT2D eigenvalue weighted by Crippen LogP contribution is -2.24. The molecule has 6 nitrogen and oxygen atoms in total. The maximum Gasteiger partial charge on any atom is 0.251 e. The number of hydrogen-bond acceptors (Lipinski definition) is 5. The lowest BCUT2D eigenvalue weighted by atomic mass is 10.0. The quantitative estimate of drug-likeness (QED) is 0.300. The summed E-state index contributed by atoms with van der Waals surface area (Å²) in [6.45, 7) is 4.02. The molecule has 4 aromatic rings.